The molecule has 1 aliphatic rings. The first-order valence-electron chi connectivity index (χ1n) is 7.38. The Bertz CT molecular complexity index is 577. The van der Waals surface area contributed by atoms with E-state index in [9.17, 15) is 12.8 Å². The second-order valence-electron chi connectivity index (χ2n) is 5.59. The fourth-order valence-corrected chi connectivity index (χ4v) is 4.64. The van der Waals surface area contributed by atoms with E-state index < -0.39 is 15.8 Å². The van der Waals surface area contributed by atoms with E-state index in [0.29, 0.717) is 12.1 Å². The predicted molar refractivity (Wildman–Crippen MR) is 81.9 cm³/mol. The van der Waals surface area contributed by atoms with Crippen molar-refractivity contribution in [2.45, 2.75) is 32.1 Å². The molecule has 6 heteroatoms. The minimum absolute atomic E-state index is 0.0500. The van der Waals surface area contributed by atoms with Crippen LogP contribution in [0.15, 0.2) is 24.3 Å². The van der Waals surface area contributed by atoms with Crippen molar-refractivity contribution in [3.63, 3.8) is 0 Å². The number of rotatable bonds is 4. The minimum Gasteiger partial charge on any atom is -0.302 e. The Balaban J connectivity index is 2.14. The number of sulfonamides is 1. The molecule has 118 valence electrons. The SMILES string of the molecule is CCN1CCCN(S(=O)(=O)Cc2cccc(F)c2)[C@@H](C)C1. The Kier molecular flexibility index (Phi) is 5.35. The molecule has 2 rings (SSSR count). The summed E-state index contributed by atoms with van der Waals surface area (Å²) in [6.07, 6.45) is 0.834. The van der Waals surface area contributed by atoms with Crippen molar-refractivity contribution < 1.29 is 12.8 Å². The smallest absolute Gasteiger partial charge is 0.218 e. The molecule has 0 radical (unpaired) electrons. The highest BCUT2D eigenvalue weighted by Crippen LogP contribution is 2.18. The van der Waals surface area contributed by atoms with Gasteiger partial charge in [0.1, 0.15) is 5.82 Å². The lowest BCUT2D eigenvalue weighted by Gasteiger charge is -2.28. The van der Waals surface area contributed by atoms with Crippen molar-refractivity contribution >= 4 is 10.0 Å². The van der Waals surface area contributed by atoms with Gasteiger partial charge >= 0.3 is 0 Å². The zero-order valence-corrected chi connectivity index (χ0v) is 13.4. The maximum absolute atomic E-state index is 13.2. The molecule has 0 aliphatic carbocycles. The molecule has 0 aromatic heterocycles. The fraction of sp³-hybridized carbons (Fsp3) is 0.600. The third-order valence-electron chi connectivity index (χ3n) is 3.91. The van der Waals surface area contributed by atoms with Crippen LogP contribution >= 0.6 is 0 Å². The van der Waals surface area contributed by atoms with Gasteiger partial charge in [0.05, 0.1) is 5.75 Å². The predicted octanol–water partition coefficient (Wildman–Crippen LogP) is 2.07. The molecule has 1 atom stereocenters. The van der Waals surface area contributed by atoms with Crippen LogP contribution in [0.5, 0.6) is 0 Å². The van der Waals surface area contributed by atoms with Crippen molar-refractivity contribution in [1.82, 2.24) is 9.21 Å². The van der Waals surface area contributed by atoms with Crippen molar-refractivity contribution in [2.75, 3.05) is 26.2 Å². The molecule has 0 amide bonds. The van der Waals surface area contributed by atoms with Crippen LogP contribution in [0.2, 0.25) is 0 Å². The molecule has 1 fully saturated rings. The summed E-state index contributed by atoms with van der Waals surface area (Å²) < 4.78 is 40.0. The van der Waals surface area contributed by atoms with E-state index in [0.717, 1.165) is 26.1 Å². The van der Waals surface area contributed by atoms with Crippen LogP contribution < -0.4 is 0 Å². The van der Waals surface area contributed by atoms with E-state index in [1.807, 2.05) is 6.92 Å². The second kappa shape index (κ2) is 6.85. The van der Waals surface area contributed by atoms with Gasteiger partial charge in [-0.3, -0.25) is 0 Å². The summed E-state index contributed by atoms with van der Waals surface area (Å²) in [6, 6.07) is 5.76. The second-order valence-corrected chi connectivity index (χ2v) is 7.51. The maximum Gasteiger partial charge on any atom is 0.218 e. The minimum atomic E-state index is -3.42. The monoisotopic (exact) mass is 314 g/mol. The van der Waals surface area contributed by atoms with E-state index in [2.05, 4.69) is 11.8 Å². The largest absolute Gasteiger partial charge is 0.302 e. The van der Waals surface area contributed by atoms with Gasteiger partial charge in [-0.15, -0.1) is 0 Å². The van der Waals surface area contributed by atoms with Crippen LogP contribution in [0.4, 0.5) is 4.39 Å². The molecule has 0 spiro atoms. The van der Waals surface area contributed by atoms with Crippen molar-refractivity contribution in [2.24, 2.45) is 0 Å². The highest BCUT2D eigenvalue weighted by Gasteiger charge is 2.30. The lowest BCUT2D eigenvalue weighted by molar-refractivity contribution is 0.261. The van der Waals surface area contributed by atoms with Crippen LogP contribution in [0.25, 0.3) is 0 Å². The van der Waals surface area contributed by atoms with Crippen molar-refractivity contribution in [3.05, 3.63) is 35.6 Å². The van der Waals surface area contributed by atoms with Gasteiger partial charge in [-0.2, -0.15) is 4.31 Å². The quantitative estimate of drug-likeness (QED) is 0.854. The summed E-state index contributed by atoms with van der Waals surface area (Å²) >= 11 is 0. The summed E-state index contributed by atoms with van der Waals surface area (Å²) in [7, 11) is -3.42. The summed E-state index contributed by atoms with van der Waals surface area (Å²) in [4.78, 5) is 2.27. The molecule has 1 saturated heterocycles. The molecule has 0 unspecified atom stereocenters. The average Bonchev–Trinajstić information content (AvgIpc) is 2.60. The normalized spacial score (nSPS) is 22.1. The van der Waals surface area contributed by atoms with E-state index in [1.54, 1.807) is 16.4 Å². The Morgan fingerprint density at radius 3 is 2.76 bits per heavy atom. The molecule has 1 aromatic rings. The molecular formula is C15H23FN2O2S. The molecule has 1 aliphatic heterocycles. The zero-order chi connectivity index (χ0) is 15.5. The molecule has 1 aromatic carbocycles. The molecule has 0 N–H and O–H groups in total. The van der Waals surface area contributed by atoms with Crippen LogP contribution in [0.3, 0.4) is 0 Å². The average molecular weight is 314 g/mol. The number of nitrogens with zero attached hydrogens (tertiary/aromatic N) is 2. The van der Waals surface area contributed by atoms with Crippen LogP contribution in [0, 0.1) is 5.82 Å². The Morgan fingerprint density at radius 1 is 1.33 bits per heavy atom. The summed E-state index contributed by atoms with van der Waals surface area (Å²) in [5, 5.41) is 0. The van der Waals surface area contributed by atoms with Gasteiger partial charge < -0.3 is 4.90 Å². The Hall–Kier alpha value is -0.980. The highest BCUT2D eigenvalue weighted by atomic mass is 32.2. The first kappa shape index (κ1) is 16.4. The number of halogens is 1. The number of hydrogen-bond donors (Lipinski definition) is 0. The van der Waals surface area contributed by atoms with Crippen molar-refractivity contribution in [1.29, 1.82) is 0 Å². The van der Waals surface area contributed by atoms with Crippen LogP contribution in [-0.2, 0) is 15.8 Å². The van der Waals surface area contributed by atoms with Gasteiger partial charge in [0.25, 0.3) is 0 Å². The number of benzene rings is 1. The van der Waals surface area contributed by atoms with E-state index in [-0.39, 0.29) is 11.8 Å². The molecule has 4 nitrogen and oxygen atoms in total. The molecule has 1 heterocycles. The van der Waals surface area contributed by atoms with E-state index >= 15 is 0 Å². The van der Waals surface area contributed by atoms with Gasteiger partial charge in [-0.05, 0) is 44.1 Å². The number of likely N-dealkylation sites (N-methyl/N-ethyl adjacent to an activating group) is 1. The third kappa shape index (κ3) is 4.25. The topological polar surface area (TPSA) is 40.6 Å². The summed E-state index contributed by atoms with van der Waals surface area (Å²) in [5.74, 6) is -0.537. The lowest BCUT2D eigenvalue weighted by atomic mass is 10.2. The fourth-order valence-electron chi connectivity index (χ4n) is 2.85. The highest BCUT2D eigenvalue weighted by molar-refractivity contribution is 7.88. The van der Waals surface area contributed by atoms with E-state index in [4.69, 9.17) is 0 Å². The molecule has 0 bridgehead atoms. The lowest BCUT2D eigenvalue weighted by Crippen LogP contribution is -2.43. The maximum atomic E-state index is 13.2. The first-order valence-corrected chi connectivity index (χ1v) is 8.99. The Morgan fingerprint density at radius 2 is 2.10 bits per heavy atom. The Labute approximate surface area is 126 Å². The molecule has 21 heavy (non-hydrogen) atoms. The van der Waals surface area contributed by atoms with Gasteiger partial charge in [0.2, 0.25) is 10.0 Å². The number of hydrogen-bond acceptors (Lipinski definition) is 3. The van der Waals surface area contributed by atoms with Gasteiger partial charge in [-0.1, -0.05) is 19.1 Å². The first-order chi connectivity index (χ1) is 9.92. The summed E-state index contributed by atoms with van der Waals surface area (Å²) in [5.41, 5.74) is 0.499. The third-order valence-corrected chi connectivity index (χ3v) is 5.86. The van der Waals surface area contributed by atoms with Crippen LogP contribution in [0.1, 0.15) is 25.8 Å². The van der Waals surface area contributed by atoms with E-state index in [1.165, 1.54) is 12.1 Å². The summed E-state index contributed by atoms with van der Waals surface area (Å²) in [6.45, 7) is 7.17. The standard InChI is InChI=1S/C15H23FN2O2S/c1-3-17-8-5-9-18(13(2)11-17)21(19,20)12-14-6-4-7-15(16)10-14/h4,6-7,10,13H,3,5,8-9,11-12H2,1-2H3/t13-/m0/s1. The van der Waals surface area contributed by atoms with Gasteiger partial charge in [0.15, 0.2) is 0 Å². The van der Waals surface area contributed by atoms with Crippen molar-refractivity contribution in [3.8, 4) is 0 Å². The molecular weight excluding hydrogens is 291 g/mol. The van der Waals surface area contributed by atoms with Gasteiger partial charge in [0, 0.05) is 19.1 Å². The van der Waals surface area contributed by atoms with Gasteiger partial charge in [-0.25, -0.2) is 12.8 Å². The molecule has 0 saturated carbocycles. The van der Waals surface area contributed by atoms with Crippen LogP contribution in [-0.4, -0.2) is 49.8 Å². The zero-order valence-electron chi connectivity index (χ0n) is 12.6.